The van der Waals surface area contributed by atoms with Crippen LogP contribution in [-0.4, -0.2) is 17.8 Å². The van der Waals surface area contributed by atoms with E-state index in [0.717, 1.165) is 19.3 Å². The fourth-order valence-corrected chi connectivity index (χ4v) is 5.11. The van der Waals surface area contributed by atoms with Gasteiger partial charge in [0.05, 0.1) is 11.4 Å². The molecule has 0 atom stereocenters. The smallest absolute Gasteiger partial charge is 0.278 e. The highest BCUT2D eigenvalue weighted by atomic mass is 35.5. The Labute approximate surface area is 184 Å². The van der Waals surface area contributed by atoms with Gasteiger partial charge in [-0.2, -0.15) is 0 Å². The SMILES string of the molecule is CCCCC[n+]1c(N)c(S(=O)(=O)c2ccc(Cl)cc2)cc2c(=O)n3ccccc3nc21. The highest BCUT2D eigenvalue weighted by Gasteiger charge is 2.29. The Bertz CT molecular complexity index is 1450. The Morgan fingerprint density at radius 3 is 2.58 bits per heavy atom. The van der Waals surface area contributed by atoms with Crippen LogP contribution in [0.5, 0.6) is 0 Å². The van der Waals surface area contributed by atoms with Gasteiger partial charge < -0.3 is 5.73 Å². The number of sulfone groups is 1. The summed E-state index contributed by atoms with van der Waals surface area (Å²) in [5, 5.41) is 0.621. The van der Waals surface area contributed by atoms with E-state index in [-0.39, 0.29) is 26.6 Å². The molecule has 3 heterocycles. The number of aryl methyl sites for hydroxylation is 1. The lowest BCUT2D eigenvalue weighted by atomic mass is 10.2. The van der Waals surface area contributed by atoms with E-state index in [1.54, 1.807) is 29.0 Å². The molecule has 0 aliphatic carbocycles. The van der Waals surface area contributed by atoms with E-state index in [0.29, 0.717) is 22.9 Å². The first kappa shape index (κ1) is 21.3. The molecule has 0 fully saturated rings. The normalized spacial score (nSPS) is 11.9. The summed E-state index contributed by atoms with van der Waals surface area (Å²) in [6, 6.07) is 12.4. The summed E-state index contributed by atoms with van der Waals surface area (Å²) in [4.78, 5) is 17.8. The first-order valence-electron chi connectivity index (χ1n) is 9.98. The van der Waals surface area contributed by atoms with E-state index in [1.807, 2.05) is 0 Å². The lowest BCUT2D eigenvalue weighted by Gasteiger charge is -2.13. The van der Waals surface area contributed by atoms with Crippen LogP contribution in [0.15, 0.2) is 69.3 Å². The number of aromatic nitrogens is 3. The van der Waals surface area contributed by atoms with Crippen LogP contribution in [0.25, 0.3) is 16.7 Å². The van der Waals surface area contributed by atoms with Crippen molar-refractivity contribution in [2.75, 3.05) is 5.73 Å². The van der Waals surface area contributed by atoms with Gasteiger partial charge in [0, 0.05) is 11.2 Å². The Kier molecular flexibility index (Phi) is 5.68. The number of hydrogen-bond donors (Lipinski definition) is 1. The van der Waals surface area contributed by atoms with Crippen molar-refractivity contribution >= 4 is 43.9 Å². The molecule has 31 heavy (non-hydrogen) atoms. The molecule has 0 unspecified atom stereocenters. The standard InChI is InChI=1S/C22H21ClN4O3S/c1-2-3-5-13-27-20(24)18(31(29,30)16-10-8-15(23)9-11-16)14-17-21(27)25-19-7-4-6-12-26(19)22(17)28/h4,6-12,14,24H,2-3,5,13H2,1H3/p+1. The topological polar surface area (TPSA) is 98.4 Å². The molecule has 160 valence electrons. The molecule has 0 saturated heterocycles. The molecule has 0 radical (unpaired) electrons. The number of nitrogens with zero attached hydrogens (tertiary/aromatic N) is 3. The Hall–Kier alpha value is -2.97. The van der Waals surface area contributed by atoms with E-state index < -0.39 is 9.84 Å². The number of nitrogens with two attached hydrogens (primary N) is 1. The van der Waals surface area contributed by atoms with Gasteiger partial charge in [0.1, 0.15) is 10.3 Å². The highest BCUT2D eigenvalue weighted by Crippen LogP contribution is 2.27. The molecule has 7 nitrogen and oxygen atoms in total. The molecular weight excluding hydrogens is 436 g/mol. The number of unbranched alkanes of at least 4 members (excludes halogenated alkanes) is 2. The zero-order valence-electron chi connectivity index (χ0n) is 17.0. The number of benzene rings is 1. The highest BCUT2D eigenvalue weighted by molar-refractivity contribution is 7.91. The second-order valence-corrected chi connectivity index (χ2v) is 9.65. The van der Waals surface area contributed by atoms with Crippen LogP contribution < -0.4 is 15.9 Å². The van der Waals surface area contributed by atoms with Crippen molar-refractivity contribution in [1.29, 1.82) is 0 Å². The first-order chi connectivity index (χ1) is 14.8. The summed E-state index contributed by atoms with van der Waals surface area (Å²) in [5.74, 6) is 0.0609. The summed E-state index contributed by atoms with van der Waals surface area (Å²) in [7, 11) is -3.98. The molecular formula is C22H22ClN4O3S+. The van der Waals surface area contributed by atoms with E-state index in [9.17, 15) is 13.2 Å². The largest absolute Gasteiger partial charge is 0.317 e. The van der Waals surface area contributed by atoms with Crippen LogP contribution in [0, 0.1) is 0 Å². The lowest BCUT2D eigenvalue weighted by Crippen LogP contribution is -2.41. The number of halogens is 1. The minimum Gasteiger partial charge on any atom is -0.317 e. The zero-order chi connectivity index (χ0) is 22.2. The van der Waals surface area contributed by atoms with Gasteiger partial charge in [0.25, 0.3) is 11.2 Å². The average molecular weight is 458 g/mol. The third-order valence-corrected chi connectivity index (χ3v) is 7.27. The van der Waals surface area contributed by atoms with Crippen LogP contribution in [0.4, 0.5) is 5.82 Å². The summed E-state index contributed by atoms with van der Waals surface area (Å²) in [6.45, 7) is 2.53. The van der Waals surface area contributed by atoms with Gasteiger partial charge in [-0.15, -0.1) is 0 Å². The van der Waals surface area contributed by atoms with Crippen molar-refractivity contribution in [3.05, 3.63) is 70.1 Å². The summed E-state index contributed by atoms with van der Waals surface area (Å²) in [6.07, 6.45) is 4.31. The molecule has 3 aromatic heterocycles. The van der Waals surface area contributed by atoms with E-state index in [4.69, 9.17) is 17.3 Å². The zero-order valence-corrected chi connectivity index (χ0v) is 18.5. The Balaban J connectivity index is 2.05. The van der Waals surface area contributed by atoms with Crippen molar-refractivity contribution in [1.82, 2.24) is 9.38 Å². The molecule has 4 rings (SSSR count). The van der Waals surface area contributed by atoms with E-state index in [1.165, 1.54) is 34.7 Å². The summed E-state index contributed by atoms with van der Waals surface area (Å²) >= 11 is 5.91. The minimum absolute atomic E-state index is 0.0527. The molecule has 0 spiro atoms. The molecule has 1 aromatic carbocycles. The third-order valence-electron chi connectivity index (χ3n) is 5.22. The van der Waals surface area contributed by atoms with Gasteiger partial charge in [-0.25, -0.2) is 13.0 Å². The Morgan fingerprint density at radius 1 is 1.13 bits per heavy atom. The molecule has 9 heteroatoms. The van der Waals surface area contributed by atoms with Gasteiger partial charge in [-0.1, -0.05) is 42.4 Å². The quantitative estimate of drug-likeness (QED) is 0.272. The third kappa shape index (κ3) is 3.77. The number of nitrogen functional groups attached to an aromatic ring is 1. The van der Waals surface area contributed by atoms with Gasteiger partial charge in [0.15, 0.2) is 0 Å². The second kappa shape index (κ2) is 8.28. The van der Waals surface area contributed by atoms with Gasteiger partial charge >= 0.3 is 0 Å². The fourth-order valence-electron chi connectivity index (χ4n) is 3.58. The van der Waals surface area contributed by atoms with Gasteiger partial charge in [-0.3, -0.25) is 9.20 Å². The average Bonchev–Trinajstić information content (AvgIpc) is 2.76. The van der Waals surface area contributed by atoms with Crippen LogP contribution in [0.2, 0.25) is 5.02 Å². The number of anilines is 1. The van der Waals surface area contributed by atoms with E-state index >= 15 is 0 Å². The molecule has 0 aliphatic rings. The van der Waals surface area contributed by atoms with E-state index in [2.05, 4.69) is 11.9 Å². The second-order valence-electron chi connectivity index (χ2n) is 7.29. The monoisotopic (exact) mass is 457 g/mol. The van der Waals surface area contributed by atoms with Crippen molar-refractivity contribution in [2.45, 2.75) is 42.5 Å². The summed E-state index contributed by atoms with van der Waals surface area (Å²) in [5.41, 5.74) is 6.88. The molecule has 4 aromatic rings. The summed E-state index contributed by atoms with van der Waals surface area (Å²) < 4.78 is 29.8. The minimum atomic E-state index is -3.98. The molecule has 0 amide bonds. The lowest BCUT2D eigenvalue weighted by molar-refractivity contribution is -0.660. The predicted molar refractivity (Wildman–Crippen MR) is 120 cm³/mol. The van der Waals surface area contributed by atoms with Crippen molar-refractivity contribution < 1.29 is 13.0 Å². The molecule has 0 bridgehead atoms. The van der Waals surface area contributed by atoms with Crippen LogP contribution in [-0.2, 0) is 16.4 Å². The molecule has 0 saturated carbocycles. The number of pyridine rings is 2. The van der Waals surface area contributed by atoms with Gasteiger partial charge in [-0.05, 0) is 48.9 Å². The van der Waals surface area contributed by atoms with Crippen molar-refractivity contribution in [3.8, 4) is 0 Å². The fraction of sp³-hybridized carbons (Fsp3) is 0.227. The molecule has 0 aliphatic heterocycles. The predicted octanol–water partition coefficient (Wildman–Crippen LogP) is 3.39. The number of fused-ring (bicyclic) bond motifs is 2. The maximum atomic E-state index is 13.4. The van der Waals surface area contributed by atoms with Gasteiger partial charge in [0.2, 0.25) is 21.3 Å². The number of rotatable bonds is 6. The Morgan fingerprint density at radius 2 is 1.87 bits per heavy atom. The van der Waals surface area contributed by atoms with Crippen LogP contribution in [0.3, 0.4) is 0 Å². The van der Waals surface area contributed by atoms with Crippen molar-refractivity contribution in [3.63, 3.8) is 0 Å². The van der Waals surface area contributed by atoms with Crippen LogP contribution in [0.1, 0.15) is 26.2 Å². The first-order valence-corrected chi connectivity index (χ1v) is 11.8. The van der Waals surface area contributed by atoms with Crippen molar-refractivity contribution in [2.24, 2.45) is 0 Å². The maximum Gasteiger partial charge on any atom is 0.278 e. The van der Waals surface area contributed by atoms with Crippen LogP contribution >= 0.6 is 11.6 Å². The number of hydrogen-bond acceptors (Lipinski definition) is 5. The maximum absolute atomic E-state index is 13.4. The molecule has 2 N–H and O–H groups in total.